The Morgan fingerprint density at radius 1 is 1.28 bits per heavy atom. The minimum atomic E-state index is -4.41. The molecular weight excluding hydrogens is 442 g/mol. The van der Waals surface area contributed by atoms with Crippen LogP contribution in [0.25, 0.3) is 0 Å². The summed E-state index contributed by atoms with van der Waals surface area (Å²) in [7, 11) is -1.66. The van der Waals surface area contributed by atoms with E-state index in [0.717, 1.165) is 12.7 Å². The Balaban J connectivity index is 0.000000534. The molecule has 13 nitrogen and oxygen atoms in total. The van der Waals surface area contributed by atoms with Gasteiger partial charge in [-0.05, 0) is 24.6 Å². The number of pyridine rings is 1. The van der Waals surface area contributed by atoms with E-state index in [1.807, 2.05) is 36.1 Å². The van der Waals surface area contributed by atoms with E-state index >= 15 is 0 Å². The molecule has 0 amide bonds. The zero-order valence-electron chi connectivity index (χ0n) is 17.4. The number of nitrogens with two attached hydrogens (primary N) is 1. The Hall–Kier alpha value is -3.75. The molecule has 0 radical (unpaired) electrons. The van der Waals surface area contributed by atoms with Gasteiger partial charge in [0.25, 0.3) is 5.69 Å². The predicted molar refractivity (Wildman–Crippen MR) is 112 cm³/mol. The van der Waals surface area contributed by atoms with Crippen LogP contribution >= 0.6 is 0 Å². The number of hydrogen-bond acceptors (Lipinski definition) is 10. The minimum absolute atomic E-state index is 0.0183. The Bertz CT molecular complexity index is 1240. The number of nitrogens with zero attached hydrogens (tertiary/aromatic N) is 6. The van der Waals surface area contributed by atoms with Crippen LogP contribution in [0.2, 0.25) is 0 Å². The smallest absolute Gasteiger partial charge is 0.269 e. The number of nitrogen functional groups attached to an aromatic ring is 1. The molecule has 170 valence electrons. The van der Waals surface area contributed by atoms with Crippen molar-refractivity contribution in [1.29, 1.82) is 0 Å². The molecule has 0 fully saturated rings. The van der Waals surface area contributed by atoms with Crippen LogP contribution in [0.3, 0.4) is 0 Å². The molecule has 1 aromatic carbocycles. The largest absolute Gasteiger partial charge is 0.726 e. The van der Waals surface area contributed by atoms with E-state index < -0.39 is 15.3 Å². The summed E-state index contributed by atoms with van der Waals surface area (Å²) in [5, 5.41) is 23.3. The zero-order chi connectivity index (χ0) is 23.9. The maximum atomic E-state index is 10.8. The van der Waals surface area contributed by atoms with Gasteiger partial charge in [-0.2, -0.15) is 10.2 Å². The van der Waals surface area contributed by atoms with Gasteiger partial charge in [0.2, 0.25) is 10.4 Å². The summed E-state index contributed by atoms with van der Waals surface area (Å²) in [6, 6.07) is 8.34. The van der Waals surface area contributed by atoms with Gasteiger partial charge < -0.3 is 10.3 Å². The summed E-state index contributed by atoms with van der Waals surface area (Å²) in [5.74, 6) is 0.403. The Morgan fingerprint density at radius 3 is 2.50 bits per heavy atom. The number of hydrogen-bond donors (Lipinski definition) is 1. The third kappa shape index (κ3) is 7.19. The van der Waals surface area contributed by atoms with Crippen molar-refractivity contribution in [3.63, 3.8) is 0 Å². The van der Waals surface area contributed by atoms with Crippen molar-refractivity contribution < 1.29 is 26.6 Å². The van der Waals surface area contributed by atoms with Gasteiger partial charge in [0.1, 0.15) is 18.6 Å². The molecule has 2 aromatic heterocycles. The van der Waals surface area contributed by atoms with Gasteiger partial charge >= 0.3 is 0 Å². The van der Waals surface area contributed by atoms with Crippen LogP contribution < -0.4 is 10.3 Å². The van der Waals surface area contributed by atoms with E-state index in [1.165, 1.54) is 12.1 Å². The van der Waals surface area contributed by atoms with Crippen molar-refractivity contribution >= 4 is 33.3 Å². The van der Waals surface area contributed by atoms with Crippen LogP contribution in [-0.2, 0) is 28.2 Å². The van der Waals surface area contributed by atoms with Gasteiger partial charge in [0, 0.05) is 23.8 Å². The molecule has 3 aromatic rings. The SMILES string of the molecule is COS(=O)(=O)[O-].Cc1cc([N+](=O)[O-])ccc1N=Nc1cnn(Cc2ccc[n+](C)c2)c1N. The molecule has 32 heavy (non-hydrogen) atoms. The summed E-state index contributed by atoms with van der Waals surface area (Å²) < 4.78 is 34.6. The first-order valence-corrected chi connectivity index (χ1v) is 10.3. The normalized spacial score (nSPS) is 11.2. The summed E-state index contributed by atoms with van der Waals surface area (Å²) in [6.07, 6.45) is 5.48. The van der Waals surface area contributed by atoms with Crippen LogP contribution in [0.4, 0.5) is 22.9 Å². The van der Waals surface area contributed by atoms with Crippen molar-refractivity contribution in [2.45, 2.75) is 13.5 Å². The number of rotatable bonds is 6. The monoisotopic (exact) mass is 463 g/mol. The lowest BCUT2D eigenvalue weighted by molar-refractivity contribution is -0.671. The molecule has 0 saturated heterocycles. The molecule has 0 saturated carbocycles. The fourth-order valence-corrected chi connectivity index (χ4v) is 2.48. The molecule has 0 atom stereocenters. The highest BCUT2D eigenvalue weighted by atomic mass is 32.3. The number of azo groups is 1. The number of benzene rings is 1. The zero-order valence-corrected chi connectivity index (χ0v) is 18.3. The fraction of sp³-hybridized carbons (Fsp3) is 0.222. The number of nitro groups is 1. The number of nitro benzene ring substituents is 1. The molecule has 0 aliphatic carbocycles. The molecule has 14 heteroatoms. The van der Waals surface area contributed by atoms with E-state index in [2.05, 4.69) is 19.5 Å². The number of non-ortho nitro benzene ring substituents is 1. The van der Waals surface area contributed by atoms with E-state index in [4.69, 9.17) is 5.73 Å². The number of aryl methyl sites for hydroxylation is 2. The van der Waals surface area contributed by atoms with Gasteiger partial charge in [0.05, 0.1) is 30.5 Å². The van der Waals surface area contributed by atoms with Crippen molar-refractivity contribution in [3.05, 3.63) is 70.2 Å². The van der Waals surface area contributed by atoms with Crippen LogP contribution in [0.1, 0.15) is 11.1 Å². The van der Waals surface area contributed by atoms with Gasteiger partial charge in [-0.15, -0.1) is 5.11 Å². The number of aromatic nitrogens is 3. The lowest BCUT2D eigenvalue weighted by Crippen LogP contribution is -2.27. The average Bonchev–Trinajstić information content (AvgIpc) is 3.06. The second-order valence-electron chi connectivity index (χ2n) is 6.45. The summed E-state index contributed by atoms with van der Waals surface area (Å²) in [4.78, 5) is 10.3. The molecule has 0 spiro atoms. The fourth-order valence-electron chi connectivity index (χ4n) is 2.48. The van der Waals surface area contributed by atoms with Crippen molar-refractivity contribution in [2.24, 2.45) is 17.3 Å². The molecule has 0 bridgehead atoms. The molecule has 0 unspecified atom stereocenters. The average molecular weight is 463 g/mol. The maximum Gasteiger partial charge on any atom is 0.269 e. The Kier molecular flexibility index (Phi) is 8.06. The highest BCUT2D eigenvalue weighted by molar-refractivity contribution is 7.80. The molecule has 2 N–H and O–H groups in total. The van der Waals surface area contributed by atoms with Gasteiger partial charge in [-0.25, -0.2) is 17.7 Å². The summed E-state index contributed by atoms with van der Waals surface area (Å²) in [6.45, 7) is 2.26. The van der Waals surface area contributed by atoms with Gasteiger partial charge in [-0.1, -0.05) is 0 Å². The minimum Gasteiger partial charge on any atom is -0.726 e. The third-order valence-corrected chi connectivity index (χ3v) is 4.46. The highest BCUT2D eigenvalue weighted by Crippen LogP contribution is 2.28. The second kappa shape index (κ2) is 10.5. The highest BCUT2D eigenvalue weighted by Gasteiger charge is 2.10. The van der Waals surface area contributed by atoms with Gasteiger partial charge in [-0.3, -0.25) is 14.3 Å². The van der Waals surface area contributed by atoms with E-state index in [-0.39, 0.29) is 5.69 Å². The lowest BCUT2D eigenvalue weighted by Gasteiger charge is -2.03. The first kappa shape index (κ1) is 24.5. The lowest BCUT2D eigenvalue weighted by atomic mass is 10.2. The number of anilines is 1. The first-order chi connectivity index (χ1) is 15.0. The van der Waals surface area contributed by atoms with Crippen molar-refractivity contribution in [1.82, 2.24) is 9.78 Å². The van der Waals surface area contributed by atoms with Crippen LogP contribution in [0, 0.1) is 17.0 Å². The van der Waals surface area contributed by atoms with Crippen LogP contribution in [-0.4, -0.2) is 34.8 Å². The van der Waals surface area contributed by atoms with Gasteiger partial charge in [0.15, 0.2) is 12.4 Å². The maximum absolute atomic E-state index is 10.8. The van der Waals surface area contributed by atoms with Crippen LogP contribution in [0.15, 0.2) is 59.2 Å². The summed E-state index contributed by atoms with van der Waals surface area (Å²) >= 11 is 0. The van der Waals surface area contributed by atoms with Crippen molar-refractivity contribution in [2.75, 3.05) is 12.8 Å². The third-order valence-electron chi connectivity index (χ3n) is 4.05. The van der Waals surface area contributed by atoms with E-state index in [9.17, 15) is 23.1 Å². The molecular formula is C18H21N7O6S. The van der Waals surface area contributed by atoms with Crippen LogP contribution in [0.5, 0.6) is 0 Å². The molecule has 0 aliphatic heterocycles. The topological polar surface area (TPSA) is 182 Å². The first-order valence-electron chi connectivity index (χ1n) is 8.94. The Morgan fingerprint density at radius 2 is 1.94 bits per heavy atom. The molecule has 2 heterocycles. The predicted octanol–water partition coefficient (Wildman–Crippen LogP) is 2.06. The molecule has 0 aliphatic rings. The standard InChI is InChI=1S/C17H18N7O2.CH4O4S/c1-12-8-14(24(25)26)5-6-15(12)20-21-16-9-19-23(17(16)18)11-13-4-3-7-22(2)10-13;1-5-6(2,3)4/h3-10H,11,18H2,1-2H3;1H3,(H,2,3,4)/q+1;/p-1. The van der Waals surface area contributed by atoms with E-state index in [0.29, 0.717) is 29.3 Å². The molecule has 3 rings (SSSR count). The second-order valence-corrected chi connectivity index (χ2v) is 7.60. The van der Waals surface area contributed by atoms with E-state index in [1.54, 1.807) is 23.9 Å². The van der Waals surface area contributed by atoms with Crippen molar-refractivity contribution in [3.8, 4) is 0 Å². The Labute approximate surface area is 183 Å². The summed E-state index contributed by atoms with van der Waals surface area (Å²) in [5.41, 5.74) is 8.82. The quantitative estimate of drug-likeness (QED) is 0.144.